The highest BCUT2D eigenvalue weighted by Crippen LogP contribution is 2.47. The molecule has 0 radical (unpaired) electrons. The first kappa shape index (κ1) is 22.0. The molecule has 6 rings (SSSR count). The Kier molecular flexibility index (Phi) is 5.07. The number of anilines is 1. The minimum absolute atomic E-state index is 0.00805. The number of aryl methyl sites for hydroxylation is 1. The highest BCUT2D eigenvalue weighted by Gasteiger charge is 2.62. The number of benzene rings is 2. The monoisotopic (exact) mass is 488 g/mol. The summed E-state index contributed by atoms with van der Waals surface area (Å²) >= 11 is 6.34. The van der Waals surface area contributed by atoms with Crippen LogP contribution >= 0.6 is 11.6 Å². The normalized spacial score (nSPS) is 23.9. The molecule has 1 N–H and O–H groups in total. The number of pyridine rings is 1. The summed E-state index contributed by atoms with van der Waals surface area (Å²) in [5, 5.41) is 3.95. The highest BCUT2D eigenvalue weighted by atomic mass is 35.5. The van der Waals surface area contributed by atoms with Crippen molar-refractivity contribution in [2.45, 2.75) is 45.2 Å². The van der Waals surface area contributed by atoms with E-state index in [0.29, 0.717) is 23.6 Å². The summed E-state index contributed by atoms with van der Waals surface area (Å²) in [7, 11) is 0. The van der Waals surface area contributed by atoms with Crippen LogP contribution in [0, 0.1) is 12.3 Å². The lowest BCUT2D eigenvalue weighted by atomic mass is 9.66. The van der Waals surface area contributed by atoms with Gasteiger partial charge in [0.2, 0.25) is 11.8 Å². The minimum Gasteiger partial charge on any atom is -0.352 e. The van der Waals surface area contributed by atoms with Gasteiger partial charge in [-0.2, -0.15) is 0 Å². The number of fused-ring (bicyclic) bond motifs is 5. The molecule has 4 heterocycles. The zero-order valence-electron chi connectivity index (χ0n) is 19.4. The van der Waals surface area contributed by atoms with Crippen molar-refractivity contribution in [1.29, 1.82) is 0 Å². The van der Waals surface area contributed by atoms with Gasteiger partial charge in [0.1, 0.15) is 5.82 Å². The van der Waals surface area contributed by atoms with Crippen LogP contribution < -0.4 is 10.2 Å². The molecule has 2 aromatic carbocycles. The quantitative estimate of drug-likeness (QED) is 0.541. The summed E-state index contributed by atoms with van der Waals surface area (Å²) in [5.74, 6) is -0.139. The molecule has 1 spiro atoms. The Morgan fingerprint density at radius 3 is 2.77 bits per heavy atom. The lowest BCUT2D eigenvalue weighted by Crippen LogP contribution is -2.72. The maximum absolute atomic E-state index is 14.2. The SMILES string of the molecule is Cc1ccc2nc3c(cc2c1)C[C@@]1(C(=O)NC(=O)N(Cc2ccccc2Cl)C1=O)[C@H]1CCCCN31. The van der Waals surface area contributed by atoms with Crippen LogP contribution in [0.2, 0.25) is 5.02 Å². The smallest absolute Gasteiger partial charge is 0.331 e. The number of carbonyl (C=O) groups is 3. The molecule has 3 aliphatic rings. The Labute approximate surface area is 208 Å². The van der Waals surface area contributed by atoms with Gasteiger partial charge in [-0.15, -0.1) is 0 Å². The third-order valence-electron chi connectivity index (χ3n) is 7.62. The number of hydrogen-bond acceptors (Lipinski definition) is 5. The predicted molar refractivity (Wildman–Crippen MR) is 133 cm³/mol. The van der Waals surface area contributed by atoms with Crippen molar-refractivity contribution in [1.82, 2.24) is 15.2 Å². The van der Waals surface area contributed by atoms with E-state index in [4.69, 9.17) is 16.6 Å². The van der Waals surface area contributed by atoms with Crippen LogP contribution in [0.1, 0.15) is 36.0 Å². The Bertz CT molecular complexity index is 1410. The first-order valence-corrected chi connectivity index (χ1v) is 12.3. The maximum atomic E-state index is 14.2. The Morgan fingerprint density at radius 1 is 1.11 bits per heavy atom. The number of amides is 4. The molecule has 0 unspecified atom stereocenters. The van der Waals surface area contributed by atoms with Gasteiger partial charge < -0.3 is 4.90 Å². The molecule has 7 nitrogen and oxygen atoms in total. The standard InChI is InChI=1S/C27H25ClN4O3/c1-16-9-10-21-18(12-16)13-19-14-27(22-8-4-5-11-31(22)23(19)29-21)24(33)30-26(35)32(25(27)34)15-17-6-2-3-7-20(17)28/h2-3,6-7,9-10,12-13,22H,4-5,8,11,14-15H2,1H3,(H,30,33,35)/t22-,27+/m1/s1. The van der Waals surface area contributed by atoms with Crippen LogP contribution in [0.15, 0.2) is 48.5 Å². The number of urea groups is 1. The molecule has 178 valence electrons. The third kappa shape index (κ3) is 3.32. The number of barbiturate groups is 1. The Hall–Kier alpha value is -3.45. The van der Waals surface area contributed by atoms with Crippen LogP contribution in [-0.4, -0.2) is 40.3 Å². The van der Waals surface area contributed by atoms with Gasteiger partial charge in [0.25, 0.3) is 0 Å². The fourth-order valence-corrected chi connectivity index (χ4v) is 6.12. The van der Waals surface area contributed by atoms with E-state index in [1.165, 1.54) is 0 Å². The highest BCUT2D eigenvalue weighted by molar-refractivity contribution is 6.31. The van der Waals surface area contributed by atoms with E-state index in [9.17, 15) is 14.4 Å². The van der Waals surface area contributed by atoms with Crippen LogP contribution in [0.3, 0.4) is 0 Å². The molecular weight excluding hydrogens is 464 g/mol. The van der Waals surface area contributed by atoms with Gasteiger partial charge in [-0.05, 0) is 61.6 Å². The third-order valence-corrected chi connectivity index (χ3v) is 7.99. The van der Waals surface area contributed by atoms with E-state index in [2.05, 4.69) is 16.3 Å². The fourth-order valence-electron chi connectivity index (χ4n) is 5.92. The summed E-state index contributed by atoms with van der Waals surface area (Å²) in [6.45, 7) is 2.74. The number of carbonyl (C=O) groups excluding carboxylic acids is 3. The second-order valence-electron chi connectivity index (χ2n) is 9.76. The van der Waals surface area contributed by atoms with Crippen LogP contribution in [-0.2, 0) is 22.6 Å². The molecule has 3 aromatic rings. The van der Waals surface area contributed by atoms with Crippen molar-refractivity contribution < 1.29 is 14.4 Å². The first-order valence-electron chi connectivity index (χ1n) is 12.0. The Balaban J connectivity index is 1.48. The van der Waals surface area contributed by atoms with Gasteiger partial charge in [0.05, 0.1) is 18.1 Å². The predicted octanol–water partition coefficient (Wildman–Crippen LogP) is 4.38. The number of nitrogens with one attached hydrogen (secondary N) is 1. The van der Waals surface area contributed by atoms with Crippen LogP contribution in [0.5, 0.6) is 0 Å². The van der Waals surface area contributed by atoms with Crippen molar-refractivity contribution in [3.05, 3.63) is 70.2 Å². The number of imide groups is 2. The molecule has 2 fully saturated rings. The van der Waals surface area contributed by atoms with Crippen molar-refractivity contribution in [2.24, 2.45) is 5.41 Å². The number of aromatic nitrogens is 1. The molecular formula is C27H25ClN4O3. The molecule has 35 heavy (non-hydrogen) atoms. The van der Waals surface area contributed by atoms with E-state index in [-0.39, 0.29) is 19.0 Å². The summed E-state index contributed by atoms with van der Waals surface area (Å²) < 4.78 is 0. The van der Waals surface area contributed by atoms with Gasteiger partial charge in [-0.1, -0.05) is 41.4 Å². The maximum Gasteiger partial charge on any atom is 0.331 e. The molecule has 0 saturated carbocycles. The topological polar surface area (TPSA) is 82.6 Å². The summed E-state index contributed by atoms with van der Waals surface area (Å²) in [6.07, 6.45) is 2.75. The van der Waals surface area contributed by atoms with E-state index in [1.807, 2.05) is 31.2 Å². The van der Waals surface area contributed by atoms with E-state index >= 15 is 0 Å². The zero-order valence-corrected chi connectivity index (χ0v) is 20.1. The molecule has 0 bridgehead atoms. The van der Waals surface area contributed by atoms with Crippen molar-refractivity contribution in [3.8, 4) is 0 Å². The van der Waals surface area contributed by atoms with E-state index in [1.54, 1.807) is 18.2 Å². The molecule has 0 aliphatic carbocycles. The average molecular weight is 489 g/mol. The lowest BCUT2D eigenvalue weighted by molar-refractivity contribution is -0.154. The number of rotatable bonds is 2. The Morgan fingerprint density at radius 2 is 1.94 bits per heavy atom. The number of hydrogen-bond donors (Lipinski definition) is 1. The van der Waals surface area contributed by atoms with Crippen molar-refractivity contribution in [3.63, 3.8) is 0 Å². The summed E-state index contributed by atoms with van der Waals surface area (Å²) in [6, 6.07) is 14.2. The van der Waals surface area contributed by atoms with Gasteiger partial charge in [-0.25, -0.2) is 9.78 Å². The first-order chi connectivity index (χ1) is 16.9. The van der Waals surface area contributed by atoms with Gasteiger partial charge in [0.15, 0.2) is 5.41 Å². The molecule has 1 aromatic heterocycles. The van der Waals surface area contributed by atoms with Crippen LogP contribution in [0.25, 0.3) is 10.9 Å². The minimum atomic E-state index is -1.40. The number of nitrogens with zero attached hydrogens (tertiary/aromatic N) is 3. The van der Waals surface area contributed by atoms with E-state index < -0.39 is 23.3 Å². The molecule has 2 saturated heterocycles. The molecule has 2 atom stereocenters. The lowest BCUT2D eigenvalue weighted by Gasteiger charge is -2.53. The second-order valence-corrected chi connectivity index (χ2v) is 10.2. The average Bonchev–Trinajstić information content (AvgIpc) is 2.85. The van der Waals surface area contributed by atoms with Gasteiger partial charge in [-0.3, -0.25) is 19.8 Å². The van der Waals surface area contributed by atoms with Gasteiger partial charge in [0, 0.05) is 23.4 Å². The largest absolute Gasteiger partial charge is 0.352 e. The number of piperidine rings is 1. The molecule has 8 heteroatoms. The van der Waals surface area contributed by atoms with Crippen molar-refractivity contribution in [2.75, 3.05) is 11.4 Å². The van der Waals surface area contributed by atoms with Crippen molar-refractivity contribution >= 4 is 46.2 Å². The molecule has 3 aliphatic heterocycles. The summed E-state index contributed by atoms with van der Waals surface area (Å²) in [4.78, 5) is 48.9. The summed E-state index contributed by atoms with van der Waals surface area (Å²) in [5.41, 5.74) is 2.12. The zero-order chi connectivity index (χ0) is 24.3. The van der Waals surface area contributed by atoms with Crippen LogP contribution in [0.4, 0.5) is 10.6 Å². The fraction of sp³-hybridized carbons (Fsp3) is 0.333. The van der Waals surface area contributed by atoms with E-state index in [0.717, 1.165) is 45.6 Å². The second kappa shape index (κ2) is 8.05. The number of halogens is 1. The van der Waals surface area contributed by atoms with Gasteiger partial charge >= 0.3 is 6.03 Å². The molecule has 4 amide bonds.